The number of primary amides is 1. The molecule has 2 amide bonds. The molecule has 12 heteroatoms. The molecule has 2 atom stereocenters. The minimum atomic E-state index is -1.23. The second-order valence-corrected chi connectivity index (χ2v) is 7.88. The van der Waals surface area contributed by atoms with Gasteiger partial charge >= 0.3 is 0 Å². The monoisotopic (exact) mass is 469 g/mol. The number of anilines is 2. The first-order valence-electron chi connectivity index (χ1n) is 10.4. The predicted molar refractivity (Wildman–Crippen MR) is 121 cm³/mol. The van der Waals surface area contributed by atoms with Crippen LogP contribution in [0, 0.1) is 5.82 Å². The standard InChI is InChI=1S/C22H24FN7O4/c1-12(31)26-9-16-11-29(22(33)34-16)15-6-7-17(18(23)8-15)14-4-2-13(3-5-14)10-30-20(24)19(21(25)32)27-28-30/h2-8,16,22,33H,9-11,24H2,1H3,(H2,25,32)(H,26,31)/t16-,22?/m0/s1. The highest BCUT2D eigenvalue weighted by atomic mass is 19.1. The van der Waals surface area contributed by atoms with Gasteiger partial charge in [-0.2, -0.15) is 0 Å². The number of nitrogens with zero attached hydrogens (tertiary/aromatic N) is 4. The first-order valence-corrected chi connectivity index (χ1v) is 10.4. The van der Waals surface area contributed by atoms with E-state index < -0.39 is 24.2 Å². The molecule has 11 nitrogen and oxygen atoms in total. The summed E-state index contributed by atoms with van der Waals surface area (Å²) in [7, 11) is 0. The van der Waals surface area contributed by atoms with Gasteiger partial charge in [0.15, 0.2) is 11.5 Å². The third kappa shape index (κ3) is 4.82. The molecule has 0 saturated carbocycles. The summed E-state index contributed by atoms with van der Waals surface area (Å²) in [6.45, 7) is 2.21. The number of rotatable bonds is 7. The number of carbonyl (C=O) groups excluding carboxylic acids is 2. The highest BCUT2D eigenvalue weighted by Crippen LogP contribution is 2.30. The molecule has 0 spiro atoms. The van der Waals surface area contributed by atoms with E-state index in [1.807, 2.05) is 0 Å². The van der Waals surface area contributed by atoms with Crippen LogP contribution in [0.1, 0.15) is 23.0 Å². The molecule has 1 unspecified atom stereocenters. The molecule has 178 valence electrons. The molecule has 0 bridgehead atoms. The number of aliphatic hydroxyl groups excluding tert-OH is 1. The molecule has 1 aliphatic rings. The Morgan fingerprint density at radius 3 is 2.62 bits per heavy atom. The molecular formula is C22H24FN7O4. The predicted octanol–water partition coefficient (Wildman–Crippen LogP) is 0.431. The van der Waals surface area contributed by atoms with Crippen molar-refractivity contribution in [2.75, 3.05) is 23.7 Å². The molecule has 2 heterocycles. The van der Waals surface area contributed by atoms with Crippen LogP contribution in [0.2, 0.25) is 0 Å². The Morgan fingerprint density at radius 2 is 2.00 bits per heavy atom. The number of ether oxygens (including phenoxy) is 1. The summed E-state index contributed by atoms with van der Waals surface area (Å²) in [5.41, 5.74) is 13.3. The molecule has 0 aliphatic carbocycles. The second-order valence-electron chi connectivity index (χ2n) is 7.88. The summed E-state index contributed by atoms with van der Waals surface area (Å²) < 4.78 is 21.7. The molecule has 34 heavy (non-hydrogen) atoms. The minimum Gasteiger partial charge on any atom is -0.382 e. The van der Waals surface area contributed by atoms with Crippen molar-refractivity contribution in [1.82, 2.24) is 20.3 Å². The van der Waals surface area contributed by atoms with E-state index >= 15 is 0 Å². The van der Waals surface area contributed by atoms with E-state index in [4.69, 9.17) is 16.2 Å². The largest absolute Gasteiger partial charge is 0.382 e. The third-order valence-electron chi connectivity index (χ3n) is 5.45. The smallest absolute Gasteiger partial charge is 0.273 e. The zero-order chi connectivity index (χ0) is 24.4. The van der Waals surface area contributed by atoms with Gasteiger partial charge in [0.2, 0.25) is 12.3 Å². The van der Waals surface area contributed by atoms with Crippen LogP contribution in [0.4, 0.5) is 15.9 Å². The summed E-state index contributed by atoms with van der Waals surface area (Å²) in [5.74, 6) is -1.34. The molecule has 0 radical (unpaired) electrons. The number of nitrogen functional groups attached to an aromatic ring is 1. The molecule has 1 saturated heterocycles. The number of aromatic nitrogens is 3. The van der Waals surface area contributed by atoms with Crippen molar-refractivity contribution in [2.24, 2.45) is 5.73 Å². The molecule has 4 rings (SSSR count). The van der Waals surface area contributed by atoms with Gasteiger partial charge in [-0.25, -0.2) is 9.07 Å². The number of hydrogen-bond donors (Lipinski definition) is 4. The molecule has 2 aromatic carbocycles. The Kier molecular flexibility index (Phi) is 6.43. The van der Waals surface area contributed by atoms with Crippen molar-refractivity contribution >= 4 is 23.3 Å². The van der Waals surface area contributed by atoms with Crippen LogP contribution in [0.3, 0.4) is 0 Å². The van der Waals surface area contributed by atoms with E-state index in [-0.39, 0.29) is 30.5 Å². The number of carbonyl (C=O) groups is 2. The van der Waals surface area contributed by atoms with Crippen LogP contribution in [-0.2, 0) is 16.1 Å². The van der Waals surface area contributed by atoms with E-state index in [1.165, 1.54) is 22.6 Å². The normalized spacial score (nSPS) is 17.7. The van der Waals surface area contributed by atoms with E-state index in [0.29, 0.717) is 23.4 Å². The van der Waals surface area contributed by atoms with Crippen molar-refractivity contribution in [3.63, 3.8) is 0 Å². The average Bonchev–Trinajstić information content (AvgIpc) is 3.35. The highest BCUT2D eigenvalue weighted by Gasteiger charge is 2.32. The summed E-state index contributed by atoms with van der Waals surface area (Å²) in [4.78, 5) is 23.9. The van der Waals surface area contributed by atoms with Gasteiger partial charge in [-0.15, -0.1) is 5.10 Å². The van der Waals surface area contributed by atoms with Gasteiger partial charge in [0, 0.05) is 24.7 Å². The first kappa shape index (κ1) is 23.1. The number of hydrogen-bond acceptors (Lipinski definition) is 8. The van der Waals surface area contributed by atoms with E-state index in [9.17, 15) is 19.1 Å². The average molecular weight is 469 g/mol. The third-order valence-corrected chi connectivity index (χ3v) is 5.45. The summed E-state index contributed by atoms with van der Waals surface area (Å²) >= 11 is 0. The van der Waals surface area contributed by atoms with Crippen LogP contribution < -0.4 is 21.7 Å². The number of aliphatic hydroxyl groups is 1. The zero-order valence-corrected chi connectivity index (χ0v) is 18.3. The lowest BCUT2D eigenvalue weighted by atomic mass is 10.0. The summed E-state index contributed by atoms with van der Waals surface area (Å²) in [5, 5.41) is 20.3. The lowest BCUT2D eigenvalue weighted by Gasteiger charge is -2.21. The highest BCUT2D eigenvalue weighted by molar-refractivity contribution is 5.94. The maximum absolute atomic E-state index is 15.0. The maximum atomic E-state index is 15.0. The van der Waals surface area contributed by atoms with Gasteiger partial charge in [-0.1, -0.05) is 29.5 Å². The van der Waals surface area contributed by atoms with Crippen molar-refractivity contribution in [3.05, 3.63) is 59.5 Å². The van der Waals surface area contributed by atoms with Gasteiger partial charge in [0.1, 0.15) is 5.82 Å². The molecular weight excluding hydrogens is 445 g/mol. The Balaban J connectivity index is 1.46. The number of amides is 2. The van der Waals surface area contributed by atoms with Crippen LogP contribution in [-0.4, -0.2) is 57.5 Å². The fourth-order valence-electron chi connectivity index (χ4n) is 3.69. The molecule has 1 aromatic heterocycles. The zero-order valence-electron chi connectivity index (χ0n) is 18.3. The topological polar surface area (TPSA) is 162 Å². The molecule has 3 aromatic rings. The molecule has 1 aliphatic heterocycles. The second kappa shape index (κ2) is 9.45. The molecule has 6 N–H and O–H groups in total. The lowest BCUT2D eigenvalue weighted by molar-refractivity contribution is -0.121. The first-order chi connectivity index (χ1) is 16.2. The number of benzene rings is 2. The van der Waals surface area contributed by atoms with Gasteiger partial charge in [0.05, 0.1) is 19.2 Å². The van der Waals surface area contributed by atoms with Crippen LogP contribution in [0.25, 0.3) is 11.1 Å². The van der Waals surface area contributed by atoms with E-state index in [1.54, 1.807) is 36.4 Å². The Bertz CT molecular complexity index is 1210. The van der Waals surface area contributed by atoms with Crippen LogP contribution in [0.5, 0.6) is 0 Å². The summed E-state index contributed by atoms with van der Waals surface area (Å²) in [6, 6.07) is 11.7. The maximum Gasteiger partial charge on any atom is 0.273 e. The number of nitrogens with one attached hydrogen (secondary N) is 1. The Hall–Kier alpha value is -4.03. The van der Waals surface area contributed by atoms with Crippen LogP contribution in [0.15, 0.2) is 42.5 Å². The number of halogens is 1. The molecule has 1 fully saturated rings. The minimum absolute atomic E-state index is 0.0746. The van der Waals surface area contributed by atoms with Gasteiger partial charge in [-0.3, -0.25) is 9.59 Å². The van der Waals surface area contributed by atoms with Crippen molar-refractivity contribution in [3.8, 4) is 11.1 Å². The van der Waals surface area contributed by atoms with E-state index in [2.05, 4.69) is 15.6 Å². The fourth-order valence-corrected chi connectivity index (χ4v) is 3.69. The lowest BCUT2D eigenvalue weighted by Crippen LogP contribution is -2.33. The van der Waals surface area contributed by atoms with Crippen molar-refractivity contribution in [2.45, 2.75) is 26.0 Å². The van der Waals surface area contributed by atoms with Gasteiger partial charge < -0.3 is 31.5 Å². The van der Waals surface area contributed by atoms with Gasteiger partial charge in [-0.05, 0) is 29.3 Å². The van der Waals surface area contributed by atoms with Gasteiger partial charge in [0.25, 0.3) is 5.91 Å². The Morgan fingerprint density at radius 1 is 1.26 bits per heavy atom. The van der Waals surface area contributed by atoms with Crippen molar-refractivity contribution < 1.29 is 23.8 Å². The quantitative estimate of drug-likeness (QED) is 0.387. The van der Waals surface area contributed by atoms with Crippen molar-refractivity contribution in [1.29, 1.82) is 0 Å². The fraction of sp³-hybridized carbons (Fsp3) is 0.273. The van der Waals surface area contributed by atoms with Crippen LogP contribution >= 0.6 is 0 Å². The SMILES string of the molecule is CC(=O)NC[C@H]1CN(c2ccc(-c3ccc(Cn4nnc(C(N)=O)c4N)cc3)c(F)c2)C(O)O1. The summed E-state index contributed by atoms with van der Waals surface area (Å²) in [6.07, 6.45) is -1.64. The Labute approximate surface area is 194 Å². The van der Waals surface area contributed by atoms with E-state index in [0.717, 1.165) is 5.56 Å². The number of nitrogens with two attached hydrogens (primary N) is 2.